The molecule has 3 aromatic carbocycles. The summed E-state index contributed by atoms with van der Waals surface area (Å²) in [5, 5.41) is 8.84. The fourth-order valence-electron chi connectivity index (χ4n) is 3.37. The Balaban J connectivity index is 1.50. The topological polar surface area (TPSA) is 96.7 Å². The maximum Gasteiger partial charge on any atom is 0.338 e. The summed E-state index contributed by atoms with van der Waals surface area (Å²) in [6.45, 7) is 2.40. The number of ether oxygens (including phenoxy) is 2. The molecule has 1 heterocycles. The highest BCUT2D eigenvalue weighted by molar-refractivity contribution is 6.34. The summed E-state index contributed by atoms with van der Waals surface area (Å²) in [7, 11) is 0. The van der Waals surface area contributed by atoms with Gasteiger partial charge in [-0.3, -0.25) is 9.59 Å². The third-order valence-corrected chi connectivity index (χ3v) is 4.98. The molecular weight excluding hydrogens is 408 g/mol. The van der Waals surface area contributed by atoms with Gasteiger partial charge in [0.15, 0.2) is 0 Å². The normalized spacial score (nSPS) is 12.3. The van der Waals surface area contributed by atoms with Crippen LogP contribution in [0.5, 0.6) is 5.75 Å². The highest BCUT2D eigenvalue weighted by atomic mass is 16.5. The van der Waals surface area contributed by atoms with Crippen LogP contribution in [0, 0.1) is 11.3 Å². The van der Waals surface area contributed by atoms with Crippen LogP contribution < -0.4 is 9.64 Å². The predicted octanol–water partition coefficient (Wildman–Crippen LogP) is 4.11. The zero-order valence-electron chi connectivity index (χ0n) is 17.2. The van der Waals surface area contributed by atoms with Gasteiger partial charge < -0.3 is 9.47 Å². The van der Waals surface area contributed by atoms with Crippen molar-refractivity contribution in [1.82, 2.24) is 0 Å². The van der Waals surface area contributed by atoms with E-state index < -0.39 is 17.8 Å². The first-order chi connectivity index (χ1) is 15.5. The molecule has 0 aromatic heterocycles. The van der Waals surface area contributed by atoms with Gasteiger partial charge in [0.05, 0.1) is 40.6 Å². The van der Waals surface area contributed by atoms with Crippen LogP contribution in [-0.4, -0.2) is 24.4 Å². The van der Waals surface area contributed by atoms with E-state index in [4.69, 9.17) is 14.7 Å². The molecule has 0 spiro atoms. The molecule has 0 aliphatic carbocycles. The Kier molecular flexibility index (Phi) is 5.69. The summed E-state index contributed by atoms with van der Waals surface area (Å²) in [5.41, 5.74) is 2.21. The Bertz CT molecular complexity index is 1240. The van der Waals surface area contributed by atoms with Gasteiger partial charge in [-0.05, 0) is 67.1 Å². The number of carbonyl (C=O) groups is 3. The predicted molar refractivity (Wildman–Crippen MR) is 115 cm³/mol. The van der Waals surface area contributed by atoms with Crippen LogP contribution in [0.2, 0.25) is 0 Å². The fourth-order valence-corrected chi connectivity index (χ4v) is 3.37. The maximum atomic E-state index is 12.9. The van der Waals surface area contributed by atoms with E-state index in [0.717, 1.165) is 10.5 Å². The summed E-state index contributed by atoms with van der Waals surface area (Å²) < 4.78 is 10.7. The van der Waals surface area contributed by atoms with Gasteiger partial charge >= 0.3 is 5.97 Å². The molecule has 0 saturated carbocycles. The van der Waals surface area contributed by atoms with Crippen LogP contribution in [0.4, 0.5) is 5.69 Å². The molecule has 0 saturated heterocycles. The summed E-state index contributed by atoms with van der Waals surface area (Å²) in [5.74, 6) is -0.931. The number of hydrogen-bond acceptors (Lipinski definition) is 6. The van der Waals surface area contributed by atoms with Crippen molar-refractivity contribution in [3.05, 3.63) is 94.5 Å². The number of imide groups is 1. The molecule has 2 amide bonds. The quantitative estimate of drug-likeness (QED) is 0.435. The van der Waals surface area contributed by atoms with Crippen LogP contribution in [0.15, 0.2) is 66.7 Å². The number of benzene rings is 3. The molecule has 0 bridgehead atoms. The number of esters is 1. The average molecular weight is 426 g/mol. The number of carbonyl (C=O) groups excluding carboxylic acids is 3. The monoisotopic (exact) mass is 426 g/mol. The van der Waals surface area contributed by atoms with Gasteiger partial charge in [-0.1, -0.05) is 12.1 Å². The molecule has 3 aromatic rings. The molecule has 0 N–H and O–H groups in total. The minimum absolute atomic E-state index is 0.0206. The molecule has 0 fully saturated rings. The lowest BCUT2D eigenvalue weighted by molar-refractivity contribution is 0.0472. The van der Waals surface area contributed by atoms with E-state index in [1.54, 1.807) is 48.5 Å². The molecule has 0 unspecified atom stereocenters. The van der Waals surface area contributed by atoms with Crippen molar-refractivity contribution in [3.63, 3.8) is 0 Å². The second-order valence-electron chi connectivity index (χ2n) is 7.02. The van der Waals surface area contributed by atoms with Crippen LogP contribution in [0.25, 0.3) is 0 Å². The summed E-state index contributed by atoms with van der Waals surface area (Å²) in [6.07, 6.45) is 0. The molecule has 1 aliphatic rings. The first-order valence-corrected chi connectivity index (χ1v) is 9.93. The van der Waals surface area contributed by atoms with Gasteiger partial charge in [0.1, 0.15) is 12.4 Å². The lowest BCUT2D eigenvalue weighted by atomic mass is 10.1. The smallest absolute Gasteiger partial charge is 0.338 e. The van der Waals surface area contributed by atoms with E-state index in [-0.39, 0.29) is 23.3 Å². The van der Waals surface area contributed by atoms with Gasteiger partial charge in [-0.15, -0.1) is 0 Å². The van der Waals surface area contributed by atoms with Crippen LogP contribution >= 0.6 is 0 Å². The largest absolute Gasteiger partial charge is 0.494 e. The Morgan fingerprint density at radius 3 is 2.28 bits per heavy atom. The van der Waals surface area contributed by atoms with E-state index in [0.29, 0.717) is 23.6 Å². The van der Waals surface area contributed by atoms with E-state index >= 15 is 0 Å². The highest BCUT2D eigenvalue weighted by Crippen LogP contribution is 2.30. The van der Waals surface area contributed by atoms with Crippen molar-refractivity contribution in [2.45, 2.75) is 13.5 Å². The first-order valence-electron chi connectivity index (χ1n) is 9.93. The van der Waals surface area contributed by atoms with E-state index in [2.05, 4.69) is 0 Å². The maximum absolute atomic E-state index is 12.9. The second kappa shape index (κ2) is 8.74. The molecule has 32 heavy (non-hydrogen) atoms. The minimum Gasteiger partial charge on any atom is -0.494 e. The van der Waals surface area contributed by atoms with Crippen molar-refractivity contribution in [1.29, 1.82) is 5.26 Å². The third-order valence-electron chi connectivity index (χ3n) is 4.98. The lowest BCUT2D eigenvalue weighted by Gasteiger charge is -2.14. The summed E-state index contributed by atoms with van der Waals surface area (Å²) >= 11 is 0. The third kappa shape index (κ3) is 3.94. The molecule has 7 heteroatoms. The van der Waals surface area contributed by atoms with Gasteiger partial charge in [0, 0.05) is 0 Å². The number of amides is 2. The fraction of sp³-hybridized carbons (Fsp3) is 0.120. The molecule has 158 valence electrons. The Morgan fingerprint density at radius 2 is 1.62 bits per heavy atom. The molecular formula is C25H18N2O5. The molecule has 0 radical (unpaired) electrons. The molecule has 4 rings (SSSR count). The van der Waals surface area contributed by atoms with Crippen molar-refractivity contribution < 1.29 is 23.9 Å². The number of nitriles is 1. The van der Waals surface area contributed by atoms with Crippen molar-refractivity contribution in [3.8, 4) is 11.8 Å². The van der Waals surface area contributed by atoms with Crippen molar-refractivity contribution >= 4 is 23.5 Å². The van der Waals surface area contributed by atoms with Gasteiger partial charge in [-0.25, -0.2) is 9.69 Å². The summed E-state index contributed by atoms with van der Waals surface area (Å²) in [6, 6.07) is 19.7. The number of hydrogen-bond donors (Lipinski definition) is 0. The highest BCUT2D eigenvalue weighted by Gasteiger charge is 2.37. The Hall–Kier alpha value is -4.44. The first kappa shape index (κ1) is 20.8. The van der Waals surface area contributed by atoms with Gasteiger partial charge in [-0.2, -0.15) is 5.26 Å². The summed E-state index contributed by atoms with van der Waals surface area (Å²) in [4.78, 5) is 39.3. The SMILES string of the molecule is CCOc1ccc(N2C(=O)c3ccc(C(=O)OCc4ccc(C#N)cc4)cc3C2=O)cc1. The van der Waals surface area contributed by atoms with Crippen LogP contribution in [-0.2, 0) is 11.3 Å². The second-order valence-corrected chi connectivity index (χ2v) is 7.02. The van der Waals surface area contributed by atoms with Crippen LogP contribution in [0.1, 0.15) is 49.1 Å². The molecule has 0 atom stereocenters. The molecule has 1 aliphatic heterocycles. The molecule has 7 nitrogen and oxygen atoms in total. The van der Waals surface area contributed by atoms with Gasteiger partial charge in [0.25, 0.3) is 11.8 Å². The number of nitrogens with zero attached hydrogens (tertiary/aromatic N) is 2. The van der Waals surface area contributed by atoms with Crippen molar-refractivity contribution in [2.24, 2.45) is 0 Å². The van der Waals surface area contributed by atoms with E-state index in [1.807, 2.05) is 13.0 Å². The minimum atomic E-state index is -0.614. The average Bonchev–Trinajstić information content (AvgIpc) is 3.08. The zero-order valence-corrected chi connectivity index (χ0v) is 17.2. The lowest BCUT2D eigenvalue weighted by Crippen LogP contribution is -2.29. The standard InChI is InChI=1S/C25H18N2O5/c1-2-31-20-10-8-19(9-11-20)27-23(28)21-12-7-18(13-22(21)24(27)29)25(30)32-15-17-5-3-16(14-26)4-6-17/h3-13H,2,15H2,1H3. The van der Waals surface area contributed by atoms with Crippen LogP contribution in [0.3, 0.4) is 0 Å². The number of rotatable bonds is 6. The number of anilines is 1. The van der Waals surface area contributed by atoms with E-state index in [1.165, 1.54) is 18.2 Å². The van der Waals surface area contributed by atoms with Crippen molar-refractivity contribution in [2.75, 3.05) is 11.5 Å². The van der Waals surface area contributed by atoms with E-state index in [9.17, 15) is 14.4 Å². The Labute approximate surface area is 184 Å². The number of fused-ring (bicyclic) bond motifs is 1. The zero-order chi connectivity index (χ0) is 22.7. The Morgan fingerprint density at radius 1 is 0.938 bits per heavy atom. The van der Waals surface area contributed by atoms with Gasteiger partial charge in [0.2, 0.25) is 0 Å².